The number of hydrogen-bond acceptors (Lipinski definition) is 3. The van der Waals surface area contributed by atoms with Gasteiger partial charge in [-0.3, -0.25) is 9.59 Å². The molecule has 2 fully saturated rings. The van der Waals surface area contributed by atoms with Crippen molar-refractivity contribution in [3.05, 3.63) is 65.7 Å². The molecule has 0 radical (unpaired) electrons. The van der Waals surface area contributed by atoms with Crippen molar-refractivity contribution in [3.63, 3.8) is 0 Å². The molecule has 0 unspecified atom stereocenters. The lowest BCUT2D eigenvalue weighted by Crippen LogP contribution is -2.52. The second-order valence-corrected chi connectivity index (χ2v) is 8.17. The number of amides is 2. The fraction of sp³-hybridized carbons (Fsp3) is 0.417. The SMILES string of the molecule is CCN(Cc1ccccc1)c1ccc(C(=O)N2CCC3(CCC(=O)N3)CC2)cc1. The van der Waals surface area contributed by atoms with Crippen molar-refractivity contribution in [1.29, 1.82) is 0 Å². The van der Waals surface area contributed by atoms with Gasteiger partial charge in [-0.15, -0.1) is 0 Å². The molecule has 1 spiro atoms. The minimum atomic E-state index is -0.0726. The van der Waals surface area contributed by atoms with E-state index in [4.69, 9.17) is 0 Å². The second kappa shape index (κ2) is 8.27. The Morgan fingerprint density at radius 3 is 2.31 bits per heavy atom. The molecule has 2 aliphatic heterocycles. The molecule has 0 bridgehead atoms. The first kappa shape index (κ1) is 19.5. The lowest BCUT2D eigenvalue weighted by atomic mass is 9.86. The van der Waals surface area contributed by atoms with E-state index in [0.717, 1.165) is 43.6 Å². The number of rotatable bonds is 5. The molecule has 0 saturated carbocycles. The lowest BCUT2D eigenvalue weighted by molar-refractivity contribution is -0.120. The van der Waals surface area contributed by atoms with Crippen molar-refractivity contribution >= 4 is 17.5 Å². The molecule has 2 heterocycles. The highest BCUT2D eigenvalue weighted by molar-refractivity contribution is 5.94. The number of piperidine rings is 1. The van der Waals surface area contributed by atoms with E-state index in [1.54, 1.807) is 0 Å². The fourth-order valence-electron chi connectivity index (χ4n) is 4.47. The Hall–Kier alpha value is -2.82. The van der Waals surface area contributed by atoms with Crippen LogP contribution in [0, 0.1) is 0 Å². The molecule has 4 rings (SSSR count). The number of benzene rings is 2. The van der Waals surface area contributed by atoms with E-state index in [1.165, 1.54) is 5.56 Å². The van der Waals surface area contributed by atoms with Crippen LogP contribution in [0.1, 0.15) is 48.5 Å². The van der Waals surface area contributed by atoms with Crippen molar-refractivity contribution in [1.82, 2.24) is 10.2 Å². The molecule has 2 amide bonds. The Balaban J connectivity index is 1.38. The number of anilines is 1. The molecule has 0 aliphatic carbocycles. The van der Waals surface area contributed by atoms with Crippen molar-refractivity contribution < 1.29 is 9.59 Å². The van der Waals surface area contributed by atoms with Crippen molar-refractivity contribution in [2.24, 2.45) is 0 Å². The zero-order chi connectivity index (χ0) is 20.3. The zero-order valence-corrected chi connectivity index (χ0v) is 17.1. The Morgan fingerprint density at radius 2 is 1.72 bits per heavy atom. The van der Waals surface area contributed by atoms with Gasteiger partial charge in [-0.1, -0.05) is 30.3 Å². The van der Waals surface area contributed by atoms with Gasteiger partial charge in [-0.05, 0) is 56.0 Å². The van der Waals surface area contributed by atoms with E-state index in [0.29, 0.717) is 19.5 Å². The molecular formula is C24H29N3O2. The van der Waals surface area contributed by atoms with E-state index in [9.17, 15) is 9.59 Å². The van der Waals surface area contributed by atoms with Gasteiger partial charge >= 0.3 is 0 Å². The van der Waals surface area contributed by atoms with Crippen LogP contribution in [-0.4, -0.2) is 41.9 Å². The maximum absolute atomic E-state index is 12.9. The standard InChI is InChI=1S/C24H29N3O2/c1-2-26(18-19-6-4-3-5-7-19)21-10-8-20(9-11-21)23(29)27-16-14-24(15-17-27)13-12-22(28)25-24/h3-11H,2,12-18H2,1H3,(H,25,28). The summed E-state index contributed by atoms with van der Waals surface area (Å²) in [6.45, 7) is 5.31. The van der Waals surface area contributed by atoms with Crippen LogP contribution in [0.3, 0.4) is 0 Å². The van der Waals surface area contributed by atoms with E-state index in [-0.39, 0.29) is 17.4 Å². The average Bonchev–Trinajstić information content (AvgIpc) is 3.13. The number of likely N-dealkylation sites (tertiary alicyclic amines) is 1. The first-order chi connectivity index (χ1) is 14.1. The summed E-state index contributed by atoms with van der Waals surface area (Å²) >= 11 is 0. The minimum absolute atomic E-state index is 0.0726. The molecule has 2 aliphatic rings. The van der Waals surface area contributed by atoms with Gasteiger partial charge in [0.2, 0.25) is 5.91 Å². The van der Waals surface area contributed by atoms with E-state index in [1.807, 2.05) is 35.2 Å². The summed E-state index contributed by atoms with van der Waals surface area (Å²) in [7, 11) is 0. The van der Waals surface area contributed by atoms with Gasteiger partial charge in [-0.2, -0.15) is 0 Å². The van der Waals surface area contributed by atoms with Gasteiger partial charge in [0.05, 0.1) is 0 Å². The summed E-state index contributed by atoms with van der Waals surface area (Å²) in [5.41, 5.74) is 3.06. The van der Waals surface area contributed by atoms with Gasteiger partial charge in [0.1, 0.15) is 0 Å². The van der Waals surface area contributed by atoms with Gasteiger partial charge in [-0.25, -0.2) is 0 Å². The summed E-state index contributed by atoms with van der Waals surface area (Å²) in [5, 5.41) is 3.13. The summed E-state index contributed by atoms with van der Waals surface area (Å²) < 4.78 is 0. The van der Waals surface area contributed by atoms with Crippen molar-refractivity contribution in [3.8, 4) is 0 Å². The first-order valence-corrected chi connectivity index (χ1v) is 10.6. The number of carbonyl (C=O) groups is 2. The van der Waals surface area contributed by atoms with Gasteiger partial charge in [0.25, 0.3) is 5.91 Å². The smallest absolute Gasteiger partial charge is 0.253 e. The van der Waals surface area contributed by atoms with Crippen LogP contribution in [0.4, 0.5) is 5.69 Å². The highest BCUT2D eigenvalue weighted by Crippen LogP contribution is 2.32. The topological polar surface area (TPSA) is 52.7 Å². The number of nitrogens with zero attached hydrogens (tertiary/aromatic N) is 2. The maximum Gasteiger partial charge on any atom is 0.253 e. The molecule has 5 nitrogen and oxygen atoms in total. The first-order valence-electron chi connectivity index (χ1n) is 10.6. The number of hydrogen-bond donors (Lipinski definition) is 1. The molecular weight excluding hydrogens is 362 g/mol. The van der Waals surface area contributed by atoms with Crippen LogP contribution < -0.4 is 10.2 Å². The van der Waals surface area contributed by atoms with Gasteiger partial charge in [0, 0.05) is 49.4 Å². The third-order valence-corrected chi connectivity index (χ3v) is 6.32. The maximum atomic E-state index is 12.9. The summed E-state index contributed by atoms with van der Waals surface area (Å²) in [6.07, 6.45) is 3.22. The van der Waals surface area contributed by atoms with Gasteiger partial charge < -0.3 is 15.1 Å². The molecule has 152 valence electrons. The average molecular weight is 392 g/mol. The molecule has 5 heteroatoms. The lowest BCUT2D eigenvalue weighted by Gasteiger charge is -2.39. The van der Waals surface area contributed by atoms with Crippen molar-refractivity contribution in [2.75, 3.05) is 24.5 Å². The molecule has 0 aromatic heterocycles. The van der Waals surface area contributed by atoms with Crippen molar-refractivity contribution in [2.45, 2.75) is 44.7 Å². The van der Waals surface area contributed by atoms with Crippen LogP contribution >= 0.6 is 0 Å². The highest BCUT2D eigenvalue weighted by atomic mass is 16.2. The molecule has 2 aromatic carbocycles. The molecule has 29 heavy (non-hydrogen) atoms. The zero-order valence-electron chi connectivity index (χ0n) is 17.1. The van der Waals surface area contributed by atoms with E-state index < -0.39 is 0 Å². The Kier molecular flexibility index (Phi) is 5.56. The Labute approximate surface area is 172 Å². The summed E-state index contributed by atoms with van der Waals surface area (Å²) in [6, 6.07) is 18.4. The highest BCUT2D eigenvalue weighted by Gasteiger charge is 2.41. The van der Waals surface area contributed by atoms with E-state index in [2.05, 4.69) is 41.4 Å². The van der Waals surface area contributed by atoms with Crippen LogP contribution in [0.25, 0.3) is 0 Å². The Bertz CT molecular complexity index is 855. The number of nitrogens with one attached hydrogen (secondary N) is 1. The van der Waals surface area contributed by atoms with Crippen LogP contribution in [0.5, 0.6) is 0 Å². The summed E-state index contributed by atoms with van der Waals surface area (Å²) in [5.74, 6) is 0.234. The summed E-state index contributed by atoms with van der Waals surface area (Å²) in [4.78, 5) is 28.7. The van der Waals surface area contributed by atoms with E-state index >= 15 is 0 Å². The number of carbonyl (C=O) groups excluding carboxylic acids is 2. The molecule has 2 saturated heterocycles. The van der Waals surface area contributed by atoms with Crippen LogP contribution in [0.2, 0.25) is 0 Å². The van der Waals surface area contributed by atoms with Gasteiger partial charge in [0.15, 0.2) is 0 Å². The molecule has 2 aromatic rings. The predicted molar refractivity (Wildman–Crippen MR) is 115 cm³/mol. The van der Waals surface area contributed by atoms with Crippen LogP contribution in [0.15, 0.2) is 54.6 Å². The third kappa shape index (κ3) is 4.29. The minimum Gasteiger partial charge on any atom is -0.367 e. The molecule has 1 N–H and O–H groups in total. The third-order valence-electron chi connectivity index (χ3n) is 6.32. The molecule has 0 atom stereocenters. The second-order valence-electron chi connectivity index (χ2n) is 8.17. The monoisotopic (exact) mass is 391 g/mol. The normalized spacial score (nSPS) is 18.0. The Morgan fingerprint density at radius 1 is 1.03 bits per heavy atom. The quantitative estimate of drug-likeness (QED) is 0.847. The predicted octanol–water partition coefficient (Wildman–Crippen LogP) is 3.60. The van der Waals surface area contributed by atoms with Crippen LogP contribution in [-0.2, 0) is 11.3 Å². The fourth-order valence-corrected chi connectivity index (χ4v) is 4.47. The largest absolute Gasteiger partial charge is 0.367 e.